The van der Waals surface area contributed by atoms with Crippen LogP contribution in [0.25, 0.3) is 97.4 Å². The molecule has 52 heavy (non-hydrogen) atoms. The van der Waals surface area contributed by atoms with Crippen LogP contribution in [0.15, 0.2) is 170 Å². The number of hydrogen-bond donors (Lipinski definition) is 0. The minimum Gasteiger partial charge on any atom is -0.236 e. The Balaban J connectivity index is 1.04. The van der Waals surface area contributed by atoms with Gasteiger partial charge in [-0.2, -0.15) is 0 Å². The second-order valence-electron chi connectivity index (χ2n) is 12.7. The lowest BCUT2D eigenvalue weighted by Gasteiger charge is -2.08. The predicted octanol–water partition coefficient (Wildman–Crippen LogP) is 12.9. The van der Waals surface area contributed by atoms with Gasteiger partial charge in [0.1, 0.15) is 5.01 Å². The molecule has 4 nitrogen and oxygen atoms in total. The van der Waals surface area contributed by atoms with Crippen LogP contribution in [-0.2, 0) is 0 Å². The number of nitrogens with zero attached hydrogens (tertiary/aromatic N) is 4. The SMILES string of the molecule is c1ccc(-c2nc(-c3ccccc3)nc(-c3ccc4nc(-c5cccc(-c6cccc7c6sc6c(-c8ccccc8)cccc67)c5)sc4c3)n2)cc1. The molecule has 0 saturated heterocycles. The van der Waals surface area contributed by atoms with Gasteiger partial charge in [0.05, 0.1) is 10.2 Å². The summed E-state index contributed by atoms with van der Waals surface area (Å²) in [7, 11) is 0. The molecular weight excluding hydrogens is 673 g/mol. The topological polar surface area (TPSA) is 51.6 Å². The zero-order valence-electron chi connectivity index (χ0n) is 27.8. The maximum Gasteiger partial charge on any atom is 0.164 e. The van der Waals surface area contributed by atoms with Gasteiger partial charge in [0.15, 0.2) is 17.5 Å². The van der Waals surface area contributed by atoms with Gasteiger partial charge in [0.25, 0.3) is 0 Å². The van der Waals surface area contributed by atoms with Crippen LogP contribution in [0.5, 0.6) is 0 Å². The molecule has 10 aromatic rings. The Kier molecular flexibility index (Phi) is 7.48. The molecule has 0 aliphatic carbocycles. The van der Waals surface area contributed by atoms with Gasteiger partial charge in [-0.15, -0.1) is 22.7 Å². The number of thiophene rings is 1. The maximum absolute atomic E-state index is 5.09. The molecule has 10 rings (SSSR count). The van der Waals surface area contributed by atoms with E-state index in [1.807, 2.05) is 72.0 Å². The standard InChI is InChI=1S/C46H28N4S2/c1-4-13-29(14-5-1)35-21-11-23-37-38-24-12-22-36(42(38)52-41(35)37)32-19-10-20-34(27-32)46-47-39-26-25-33(28-40(39)51-46)45-49-43(30-15-6-2-7-16-30)48-44(50-45)31-17-8-3-9-18-31/h1-28H. The first-order valence-electron chi connectivity index (χ1n) is 17.1. The molecule has 6 heteroatoms. The quantitative estimate of drug-likeness (QED) is 0.173. The molecule has 3 aromatic heterocycles. The Labute approximate surface area is 308 Å². The maximum atomic E-state index is 5.09. The number of rotatable bonds is 6. The van der Waals surface area contributed by atoms with Gasteiger partial charge in [-0.25, -0.2) is 19.9 Å². The van der Waals surface area contributed by atoms with E-state index in [9.17, 15) is 0 Å². The van der Waals surface area contributed by atoms with Crippen molar-refractivity contribution < 1.29 is 0 Å². The van der Waals surface area contributed by atoms with Gasteiger partial charge in [0, 0.05) is 42.4 Å². The molecule has 3 heterocycles. The Morgan fingerprint density at radius 2 is 0.827 bits per heavy atom. The summed E-state index contributed by atoms with van der Waals surface area (Å²) in [4.78, 5) is 19.8. The molecule has 0 spiro atoms. The molecule has 0 radical (unpaired) electrons. The number of hydrogen-bond acceptors (Lipinski definition) is 6. The molecule has 244 valence electrons. The highest BCUT2D eigenvalue weighted by atomic mass is 32.1. The van der Waals surface area contributed by atoms with Crippen molar-refractivity contribution in [2.75, 3.05) is 0 Å². The minimum atomic E-state index is 0.637. The first-order chi connectivity index (χ1) is 25.7. The number of aromatic nitrogens is 4. The minimum absolute atomic E-state index is 0.637. The molecule has 0 fully saturated rings. The summed E-state index contributed by atoms with van der Waals surface area (Å²) < 4.78 is 3.70. The average molecular weight is 701 g/mol. The third-order valence-electron chi connectivity index (χ3n) is 9.38. The van der Waals surface area contributed by atoms with Crippen LogP contribution >= 0.6 is 22.7 Å². The zero-order chi connectivity index (χ0) is 34.4. The summed E-state index contributed by atoms with van der Waals surface area (Å²) in [5, 5.41) is 3.57. The third-order valence-corrected chi connectivity index (χ3v) is 11.7. The Hall–Kier alpha value is -6.34. The summed E-state index contributed by atoms with van der Waals surface area (Å²) in [6, 6.07) is 59.2. The lowest BCUT2D eigenvalue weighted by Crippen LogP contribution is -1.99. The Bertz CT molecular complexity index is 2840. The zero-order valence-corrected chi connectivity index (χ0v) is 29.4. The predicted molar refractivity (Wildman–Crippen MR) is 219 cm³/mol. The van der Waals surface area contributed by atoms with Gasteiger partial charge < -0.3 is 0 Å². The second kappa shape index (κ2) is 12.8. The van der Waals surface area contributed by atoms with E-state index in [1.54, 1.807) is 11.3 Å². The first-order valence-corrected chi connectivity index (χ1v) is 18.8. The van der Waals surface area contributed by atoms with Crippen LogP contribution in [0, 0.1) is 0 Å². The fraction of sp³-hybridized carbons (Fsp3) is 0. The van der Waals surface area contributed by atoms with Crippen molar-refractivity contribution in [1.82, 2.24) is 19.9 Å². The number of benzene rings is 7. The van der Waals surface area contributed by atoms with Crippen LogP contribution in [-0.4, -0.2) is 19.9 Å². The lowest BCUT2D eigenvalue weighted by molar-refractivity contribution is 1.07. The van der Waals surface area contributed by atoms with Crippen LogP contribution in [0.4, 0.5) is 0 Å². The summed E-state index contributed by atoms with van der Waals surface area (Å²) in [6.45, 7) is 0. The Morgan fingerprint density at radius 3 is 1.44 bits per heavy atom. The van der Waals surface area contributed by atoms with E-state index in [0.29, 0.717) is 17.5 Å². The summed E-state index contributed by atoms with van der Waals surface area (Å²) in [5.41, 5.74) is 9.82. The van der Waals surface area contributed by atoms with E-state index in [0.717, 1.165) is 37.5 Å². The van der Waals surface area contributed by atoms with E-state index in [2.05, 4.69) is 109 Å². The van der Waals surface area contributed by atoms with Crippen molar-refractivity contribution in [3.05, 3.63) is 170 Å². The van der Waals surface area contributed by atoms with Gasteiger partial charge in [-0.05, 0) is 46.5 Å². The number of fused-ring (bicyclic) bond motifs is 4. The molecule has 0 unspecified atom stereocenters. The molecule has 0 atom stereocenters. The normalized spacial score (nSPS) is 11.5. The summed E-state index contributed by atoms with van der Waals surface area (Å²) >= 11 is 3.57. The highest BCUT2D eigenvalue weighted by molar-refractivity contribution is 7.27. The van der Waals surface area contributed by atoms with E-state index >= 15 is 0 Å². The van der Waals surface area contributed by atoms with Gasteiger partial charge in [-0.1, -0.05) is 146 Å². The highest BCUT2D eigenvalue weighted by Crippen LogP contribution is 2.44. The highest BCUT2D eigenvalue weighted by Gasteiger charge is 2.17. The summed E-state index contributed by atoms with van der Waals surface area (Å²) in [5.74, 6) is 1.94. The molecule has 0 N–H and O–H groups in total. The molecule has 0 bridgehead atoms. The lowest BCUT2D eigenvalue weighted by atomic mass is 9.99. The van der Waals surface area contributed by atoms with Crippen molar-refractivity contribution in [2.24, 2.45) is 0 Å². The molecule has 0 aliphatic rings. The third kappa shape index (κ3) is 5.46. The summed E-state index contributed by atoms with van der Waals surface area (Å²) in [6.07, 6.45) is 0. The first kappa shape index (κ1) is 30.5. The fourth-order valence-corrected chi connectivity index (χ4v) is 9.21. The van der Waals surface area contributed by atoms with E-state index < -0.39 is 0 Å². The molecule has 0 aliphatic heterocycles. The van der Waals surface area contributed by atoms with Crippen molar-refractivity contribution >= 4 is 53.1 Å². The molecule has 0 saturated carbocycles. The van der Waals surface area contributed by atoms with E-state index in [-0.39, 0.29) is 0 Å². The van der Waals surface area contributed by atoms with Gasteiger partial charge >= 0.3 is 0 Å². The van der Waals surface area contributed by atoms with Crippen LogP contribution in [0.1, 0.15) is 0 Å². The largest absolute Gasteiger partial charge is 0.236 e. The second-order valence-corrected chi connectivity index (χ2v) is 14.7. The number of thiazole rings is 1. The van der Waals surface area contributed by atoms with E-state index in [4.69, 9.17) is 19.9 Å². The van der Waals surface area contributed by atoms with Crippen LogP contribution in [0.3, 0.4) is 0 Å². The Morgan fingerprint density at radius 1 is 0.327 bits per heavy atom. The van der Waals surface area contributed by atoms with Crippen LogP contribution < -0.4 is 0 Å². The van der Waals surface area contributed by atoms with Crippen molar-refractivity contribution in [3.63, 3.8) is 0 Å². The fourth-order valence-electron chi connectivity index (χ4n) is 6.84. The smallest absolute Gasteiger partial charge is 0.164 e. The monoisotopic (exact) mass is 700 g/mol. The molecular formula is C46H28N4S2. The van der Waals surface area contributed by atoms with Crippen molar-refractivity contribution in [1.29, 1.82) is 0 Å². The molecule has 7 aromatic carbocycles. The van der Waals surface area contributed by atoms with Crippen molar-refractivity contribution in [2.45, 2.75) is 0 Å². The van der Waals surface area contributed by atoms with Crippen molar-refractivity contribution in [3.8, 4) is 67.0 Å². The van der Waals surface area contributed by atoms with Gasteiger partial charge in [0.2, 0.25) is 0 Å². The van der Waals surface area contributed by atoms with E-state index in [1.165, 1.54) is 42.4 Å². The van der Waals surface area contributed by atoms with Crippen LogP contribution in [0.2, 0.25) is 0 Å². The molecule has 0 amide bonds. The van der Waals surface area contributed by atoms with Gasteiger partial charge in [-0.3, -0.25) is 0 Å². The average Bonchev–Trinajstić information content (AvgIpc) is 3.83.